The molecule has 1 atom stereocenters. The van der Waals surface area contributed by atoms with Gasteiger partial charge in [-0.1, -0.05) is 102 Å². The van der Waals surface area contributed by atoms with Gasteiger partial charge >= 0.3 is 62.5 Å². The normalized spacial score (nSPS) is 13.8. The Kier molecular flexibility index (Phi) is 15.1. The van der Waals surface area contributed by atoms with Gasteiger partial charge in [-0.15, -0.1) is 0 Å². The first-order valence-corrected chi connectivity index (χ1v) is 31.8. The van der Waals surface area contributed by atoms with Crippen LogP contribution in [0.3, 0.4) is 0 Å². The molecule has 0 saturated carbocycles. The van der Waals surface area contributed by atoms with Crippen LogP contribution in [0.2, 0.25) is 0 Å². The number of hydrogen-bond acceptors (Lipinski definition) is 4. The molecule has 7 aromatic rings. The number of imide groups is 1. The summed E-state index contributed by atoms with van der Waals surface area (Å²) in [5.74, 6) is -1.33. The van der Waals surface area contributed by atoms with Crippen LogP contribution in [0.15, 0.2) is 128 Å². The van der Waals surface area contributed by atoms with E-state index in [4.69, 9.17) is 9.84 Å². The molecule has 8 rings (SSSR count). The summed E-state index contributed by atoms with van der Waals surface area (Å²) >= 11 is 5.30. The van der Waals surface area contributed by atoms with E-state index in [1.54, 1.807) is 12.2 Å². The van der Waals surface area contributed by atoms with Crippen molar-refractivity contribution in [3.8, 4) is 11.4 Å². The van der Waals surface area contributed by atoms with Crippen LogP contribution in [0, 0.1) is 41.5 Å². The molecule has 312 valence electrons. The van der Waals surface area contributed by atoms with Crippen LogP contribution < -0.4 is 13.3 Å². The fourth-order valence-electron chi connectivity index (χ4n) is 8.14. The Labute approximate surface area is 383 Å². The second-order valence-corrected chi connectivity index (χ2v) is 31.0. The number of carbonyl (C=O) groups excluding carboxylic acids is 2. The first-order valence-electron chi connectivity index (χ1n) is 19.2. The van der Waals surface area contributed by atoms with Gasteiger partial charge in [0.05, 0.1) is 22.4 Å². The minimum Gasteiger partial charge on any atom is 0 e. The molecule has 2 amide bonds. The molecule has 0 aliphatic carbocycles. The number of halogens is 3. The maximum Gasteiger partial charge on any atom is 0 e. The molecule has 8 nitrogen and oxygen atoms in total. The zero-order chi connectivity index (χ0) is 43.1. The Morgan fingerprint density at radius 3 is 1.55 bits per heavy atom. The Morgan fingerprint density at radius 1 is 0.683 bits per heavy atom. The molecule has 11 heteroatoms. The van der Waals surface area contributed by atoms with Crippen molar-refractivity contribution in [1.29, 1.82) is 0 Å². The van der Waals surface area contributed by atoms with Crippen LogP contribution in [0.5, 0.6) is 0 Å². The maximum atomic E-state index is 13.1. The van der Waals surface area contributed by atoms with Crippen LogP contribution >= 0.6 is 37.2 Å². The van der Waals surface area contributed by atoms with Crippen molar-refractivity contribution < 1.29 is 40.3 Å². The number of fused-ring (bicyclic) bond motifs is 2. The predicted octanol–water partition coefficient (Wildman–Crippen LogP) is 10.2. The quantitative estimate of drug-likeness (QED) is 0.127. The third-order valence-electron chi connectivity index (χ3n) is 10.3. The van der Waals surface area contributed by atoms with Crippen molar-refractivity contribution in [1.82, 2.24) is 14.0 Å². The third-order valence-corrected chi connectivity index (χ3v) is 10.3. The van der Waals surface area contributed by atoms with Crippen molar-refractivity contribution in [2.24, 2.45) is 0 Å². The molecule has 1 aliphatic rings. The van der Waals surface area contributed by atoms with Gasteiger partial charge in [0, 0.05) is 49.3 Å². The monoisotopic (exact) mass is 1140 g/mol. The van der Waals surface area contributed by atoms with Gasteiger partial charge in [0.15, 0.2) is 0 Å². The number of carboxylic acids is 1. The van der Waals surface area contributed by atoms with Gasteiger partial charge in [0.2, 0.25) is 0 Å². The molecule has 0 unspecified atom stereocenters. The maximum absolute atomic E-state index is 13.1. The average molecular weight is 1140 g/mol. The molecule has 0 bridgehead atoms. The van der Waals surface area contributed by atoms with Gasteiger partial charge in [-0.2, -0.15) is 0 Å². The standard InChI is InChI=1S/C29H26N2O3.C20H19NO2.I3.2H2/c1-19-15-20(2)28(21(3)16-19)30-17-23(24-11-7-8-12-25(24)30)13-14-27(32)31-26(18-34-29(31)33)22-9-5-4-6-10-22;1-13-10-14(2)20(15(3)11-13)21-12-16(8-9-19(22)23)17-6-4-5-7-18(17)21;1-3-2;;/h4-17,26H,18H2,1-3H3;4-12H,1-3H3,(H,22,23);;2*1H/q;;-1;;/b14-13+;9-8+;;;/t26-;;;;/m0..../s1. The van der Waals surface area contributed by atoms with Gasteiger partial charge in [0.1, 0.15) is 12.6 Å². The van der Waals surface area contributed by atoms with E-state index in [2.05, 4.69) is 131 Å². The van der Waals surface area contributed by atoms with Crippen molar-refractivity contribution in [2.45, 2.75) is 47.6 Å². The number of ether oxygens (including phenoxy) is 1. The fourth-order valence-corrected chi connectivity index (χ4v) is 8.14. The van der Waals surface area contributed by atoms with E-state index in [0.717, 1.165) is 49.9 Å². The number of rotatable bonds is 7. The van der Waals surface area contributed by atoms with Crippen LogP contribution in [0.4, 0.5) is 4.79 Å². The molecule has 0 spiro atoms. The molecule has 1 fully saturated rings. The molecule has 60 heavy (non-hydrogen) atoms. The molecule has 1 aliphatic heterocycles. The summed E-state index contributed by atoms with van der Waals surface area (Å²) in [5, 5.41) is 11.0. The molecular weight excluding hydrogens is 1090 g/mol. The summed E-state index contributed by atoms with van der Waals surface area (Å²) in [7, 11) is 0. The summed E-state index contributed by atoms with van der Waals surface area (Å²) in [5.41, 5.74) is 14.4. The minimum atomic E-state index is -0.940. The van der Waals surface area contributed by atoms with Gasteiger partial charge in [-0.3, -0.25) is 4.79 Å². The Balaban J connectivity index is 0.000000264. The number of hydrogen-bond donors (Lipinski definition) is 1. The summed E-state index contributed by atoms with van der Waals surface area (Å²) < 4.78 is 9.54. The van der Waals surface area contributed by atoms with E-state index >= 15 is 0 Å². The molecular formula is C49H49I3N3O5-. The first-order chi connectivity index (χ1) is 28.8. The number of cyclic esters (lactones) is 1. The number of aryl methyl sites for hydroxylation is 6. The van der Waals surface area contributed by atoms with Crippen LogP contribution in [0.25, 0.3) is 45.3 Å². The largest absolute Gasteiger partial charge is 0 e. The SMILES string of the molecule is Cc1cc(C)c(-n2cc(/C=C/C(=O)N3C(=O)OC[C@H]3c3ccccc3)c3ccccc32)c(C)c1.Cc1cc(C)c(-n2cc(/C=C/C(=O)O)c3ccccc32)c(C)c1.I[I-]I.[HH].[HH]. The second-order valence-electron chi connectivity index (χ2n) is 14.7. The number of para-hydroxylation sites is 2. The van der Waals surface area contributed by atoms with Gasteiger partial charge in [0.25, 0.3) is 5.91 Å². The fraction of sp³-hybridized carbons (Fsp3) is 0.163. The first kappa shape index (κ1) is 44.8. The van der Waals surface area contributed by atoms with Crippen molar-refractivity contribution in [3.05, 3.63) is 178 Å². The number of benzene rings is 5. The van der Waals surface area contributed by atoms with Crippen molar-refractivity contribution >= 4 is 89.2 Å². The minimum absolute atomic E-state index is 0. The number of carboxylic acid groups (broad SMARTS) is 1. The van der Waals surface area contributed by atoms with E-state index in [9.17, 15) is 14.4 Å². The predicted molar refractivity (Wildman–Crippen MR) is 260 cm³/mol. The van der Waals surface area contributed by atoms with Crippen LogP contribution in [-0.4, -0.2) is 43.7 Å². The van der Waals surface area contributed by atoms with Gasteiger partial charge in [-0.25, -0.2) is 14.5 Å². The summed E-state index contributed by atoms with van der Waals surface area (Å²) in [6.45, 7) is 12.8. The van der Waals surface area contributed by atoms with E-state index < -0.39 is 24.0 Å². The zero-order valence-electron chi connectivity index (χ0n) is 34.1. The molecule has 1 N–H and O–H groups in total. The van der Waals surface area contributed by atoms with E-state index in [1.165, 1.54) is 50.4 Å². The smallest absolute Gasteiger partial charge is 0 e. The van der Waals surface area contributed by atoms with Crippen molar-refractivity contribution in [3.63, 3.8) is 0 Å². The van der Waals surface area contributed by atoms with E-state index in [-0.39, 0.29) is 9.46 Å². The Bertz CT molecular complexity index is 2730. The van der Waals surface area contributed by atoms with E-state index in [0.29, 0.717) is 13.3 Å². The van der Waals surface area contributed by atoms with Crippen LogP contribution in [0.1, 0.15) is 59.0 Å². The summed E-state index contributed by atoms with van der Waals surface area (Å²) in [6.07, 6.45) is 9.53. The zero-order valence-corrected chi connectivity index (χ0v) is 40.6. The van der Waals surface area contributed by atoms with Gasteiger partial charge in [-0.05, 0) is 93.6 Å². The topological polar surface area (TPSA) is 93.8 Å². The second kappa shape index (κ2) is 20.2. The van der Waals surface area contributed by atoms with E-state index in [1.807, 2.05) is 72.9 Å². The Morgan fingerprint density at radius 2 is 1.10 bits per heavy atom. The average Bonchev–Trinajstić information content (AvgIpc) is 3.90. The molecule has 0 radical (unpaired) electrons. The molecule has 5 aromatic carbocycles. The summed E-state index contributed by atoms with van der Waals surface area (Å²) in [4.78, 5) is 37.5. The number of nitrogens with zero attached hydrogens (tertiary/aromatic N) is 3. The number of amides is 2. The van der Waals surface area contributed by atoms with Crippen molar-refractivity contribution in [2.75, 3.05) is 6.61 Å². The molecule has 1 saturated heterocycles. The third kappa shape index (κ3) is 10.1. The molecule has 3 heterocycles. The van der Waals surface area contributed by atoms with Gasteiger partial charge < -0.3 is 19.0 Å². The number of aromatic nitrogens is 2. The number of aliphatic carboxylic acids is 1. The number of carbonyl (C=O) groups is 3. The summed E-state index contributed by atoms with van der Waals surface area (Å²) in [6, 6.07) is 33.9. The van der Waals surface area contributed by atoms with Crippen LogP contribution in [-0.2, 0) is 14.3 Å². The molecule has 2 aromatic heterocycles. The Hall–Kier alpha value is -4.74.